The molecule has 0 saturated heterocycles. The summed E-state index contributed by atoms with van der Waals surface area (Å²) in [5.41, 5.74) is 8.31. The van der Waals surface area contributed by atoms with E-state index < -0.39 is 0 Å². The van der Waals surface area contributed by atoms with Crippen LogP contribution in [0.4, 0.5) is 0 Å². The van der Waals surface area contributed by atoms with Crippen LogP contribution >= 0.6 is 0 Å². The molecule has 1 aliphatic carbocycles. The first-order valence-corrected chi connectivity index (χ1v) is 11.8. The summed E-state index contributed by atoms with van der Waals surface area (Å²) in [6, 6.07) is 16.6. The number of rotatable bonds is 11. The minimum Gasteiger partial charge on any atom is -0.493 e. The van der Waals surface area contributed by atoms with Gasteiger partial charge in [-0.3, -0.25) is 4.90 Å². The van der Waals surface area contributed by atoms with Crippen LogP contribution in [0.1, 0.15) is 50.7 Å². The Morgan fingerprint density at radius 1 is 0.935 bits per heavy atom. The number of ether oxygens (including phenoxy) is 2. The Kier molecular flexibility index (Phi) is 9.23. The third kappa shape index (κ3) is 7.55. The van der Waals surface area contributed by atoms with Gasteiger partial charge < -0.3 is 15.2 Å². The molecule has 1 fully saturated rings. The van der Waals surface area contributed by atoms with Gasteiger partial charge in [-0.25, -0.2) is 0 Å². The summed E-state index contributed by atoms with van der Waals surface area (Å²) < 4.78 is 11.7. The molecule has 0 aliphatic heterocycles. The molecule has 0 amide bonds. The quantitative estimate of drug-likeness (QED) is 0.518. The average molecular weight is 425 g/mol. The fourth-order valence-corrected chi connectivity index (χ4v) is 4.66. The highest BCUT2D eigenvalue weighted by molar-refractivity contribution is 5.43. The summed E-state index contributed by atoms with van der Waals surface area (Å²) in [5.74, 6) is 3.78. The van der Waals surface area contributed by atoms with Crippen LogP contribution in [0, 0.1) is 17.8 Å². The minimum absolute atomic E-state index is 0.543. The summed E-state index contributed by atoms with van der Waals surface area (Å²) in [6.45, 7) is 9.24. The Morgan fingerprint density at radius 3 is 2.29 bits per heavy atom. The Balaban J connectivity index is 1.62. The summed E-state index contributed by atoms with van der Waals surface area (Å²) in [7, 11) is 1.72. The molecular weight excluding hydrogens is 384 g/mol. The fourth-order valence-electron chi connectivity index (χ4n) is 4.66. The largest absolute Gasteiger partial charge is 0.493 e. The van der Waals surface area contributed by atoms with Gasteiger partial charge in [0.05, 0.1) is 7.11 Å². The number of hydrogen-bond donors (Lipinski definition) is 1. The molecule has 0 heterocycles. The Labute approximate surface area is 188 Å². The van der Waals surface area contributed by atoms with Crippen molar-refractivity contribution >= 4 is 0 Å². The molecule has 0 aromatic heterocycles. The summed E-state index contributed by atoms with van der Waals surface area (Å²) in [5, 5.41) is 0. The van der Waals surface area contributed by atoms with Gasteiger partial charge in [0, 0.05) is 19.6 Å². The molecule has 4 heteroatoms. The SMILES string of the molecule is COc1cc(CN(CC(C)C)CC2CCC(CN)CC2)ccc1OCc1ccccc1. The van der Waals surface area contributed by atoms with Crippen LogP contribution in [0.3, 0.4) is 0 Å². The Hall–Kier alpha value is -2.04. The van der Waals surface area contributed by atoms with Crippen LogP contribution in [-0.2, 0) is 13.2 Å². The van der Waals surface area contributed by atoms with Crippen LogP contribution in [0.25, 0.3) is 0 Å². The van der Waals surface area contributed by atoms with Crippen molar-refractivity contribution in [2.75, 3.05) is 26.7 Å². The van der Waals surface area contributed by atoms with Crippen molar-refractivity contribution in [3.63, 3.8) is 0 Å². The van der Waals surface area contributed by atoms with Gasteiger partial charge >= 0.3 is 0 Å². The van der Waals surface area contributed by atoms with Gasteiger partial charge in [0.1, 0.15) is 6.61 Å². The van der Waals surface area contributed by atoms with Crippen molar-refractivity contribution in [3.8, 4) is 11.5 Å². The second-order valence-electron chi connectivity index (χ2n) is 9.47. The highest BCUT2D eigenvalue weighted by Crippen LogP contribution is 2.31. The minimum atomic E-state index is 0.543. The zero-order valence-electron chi connectivity index (χ0n) is 19.6. The fraction of sp³-hybridized carbons (Fsp3) is 0.556. The van der Waals surface area contributed by atoms with Crippen molar-refractivity contribution in [2.45, 2.75) is 52.7 Å². The van der Waals surface area contributed by atoms with Crippen molar-refractivity contribution in [1.82, 2.24) is 4.90 Å². The van der Waals surface area contributed by atoms with Crippen LogP contribution in [-0.4, -0.2) is 31.6 Å². The Bertz CT molecular complexity index is 770. The smallest absolute Gasteiger partial charge is 0.161 e. The Morgan fingerprint density at radius 2 is 1.65 bits per heavy atom. The van der Waals surface area contributed by atoms with Gasteiger partial charge in [-0.05, 0) is 73.2 Å². The van der Waals surface area contributed by atoms with E-state index in [-0.39, 0.29) is 0 Å². The molecular formula is C27H40N2O2. The van der Waals surface area contributed by atoms with Gasteiger partial charge in [0.15, 0.2) is 11.5 Å². The van der Waals surface area contributed by atoms with Gasteiger partial charge in [-0.1, -0.05) is 50.2 Å². The first kappa shape index (κ1) is 23.6. The predicted octanol–water partition coefficient (Wildman–Crippen LogP) is 5.50. The lowest BCUT2D eigenvalue weighted by Gasteiger charge is -2.33. The first-order valence-electron chi connectivity index (χ1n) is 11.8. The normalized spacial score (nSPS) is 19.0. The second kappa shape index (κ2) is 12.1. The molecule has 0 atom stereocenters. The molecule has 2 aromatic carbocycles. The van der Waals surface area contributed by atoms with E-state index in [9.17, 15) is 0 Å². The van der Waals surface area contributed by atoms with Crippen molar-refractivity contribution in [1.29, 1.82) is 0 Å². The van der Waals surface area contributed by atoms with Crippen molar-refractivity contribution in [2.24, 2.45) is 23.5 Å². The lowest BCUT2D eigenvalue weighted by Crippen LogP contribution is -2.34. The van der Waals surface area contributed by atoms with Crippen LogP contribution < -0.4 is 15.2 Å². The van der Waals surface area contributed by atoms with Crippen LogP contribution in [0.2, 0.25) is 0 Å². The monoisotopic (exact) mass is 424 g/mol. The molecule has 1 aliphatic rings. The molecule has 1 saturated carbocycles. The molecule has 0 unspecified atom stereocenters. The molecule has 2 N–H and O–H groups in total. The van der Waals surface area contributed by atoms with Crippen LogP contribution in [0.5, 0.6) is 11.5 Å². The van der Waals surface area contributed by atoms with Crippen molar-refractivity contribution < 1.29 is 9.47 Å². The zero-order valence-corrected chi connectivity index (χ0v) is 19.6. The van der Waals surface area contributed by atoms with E-state index >= 15 is 0 Å². The highest BCUT2D eigenvalue weighted by atomic mass is 16.5. The molecule has 4 nitrogen and oxygen atoms in total. The number of nitrogens with zero attached hydrogens (tertiary/aromatic N) is 1. The van der Waals surface area contributed by atoms with Gasteiger partial charge in [-0.2, -0.15) is 0 Å². The maximum atomic E-state index is 6.03. The van der Waals surface area contributed by atoms with E-state index in [2.05, 4.69) is 49.1 Å². The standard InChI is InChI=1S/C27H40N2O2/c1-21(2)17-29(18-23-11-9-22(16-28)10-12-23)19-25-13-14-26(27(15-25)30-3)31-20-24-7-5-4-6-8-24/h4-8,13-15,21-23H,9-12,16-20,28H2,1-3H3. The molecule has 0 spiro atoms. The lowest BCUT2D eigenvalue weighted by molar-refractivity contribution is 0.162. The molecule has 3 rings (SSSR count). The first-order chi connectivity index (χ1) is 15.1. The summed E-state index contributed by atoms with van der Waals surface area (Å²) in [6.07, 6.45) is 5.20. The molecule has 0 radical (unpaired) electrons. The molecule has 31 heavy (non-hydrogen) atoms. The zero-order chi connectivity index (χ0) is 22.1. The third-order valence-corrected chi connectivity index (χ3v) is 6.31. The topological polar surface area (TPSA) is 47.7 Å². The van der Waals surface area contributed by atoms with E-state index in [1.165, 1.54) is 37.8 Å². The van der Waals surface area contributed by atoms with Gasteiger partial charge in [-0.15, -0.1) is 0 Å². The highest BCUT2D eigenvalue weighted by Gasteiger charge is 2.23. The van der Waals surface area contributed by atoms with Crippen molar-refractivity contribution in [3.05, 3.63) is 59.7 Å². The summed E-state index contributed by atoms with van der Waals surface area (Å²) >= 11 is 0. The maximum Gasteiger partial charge on any atom is 0.161 e. The van der Waals surface area contributed by atoms with E-state index in [0.29, 0.717) is 12.5 Å². The number of methoxy groups -OCH3 is 1. The van der Waals surface area contributed by atoms with E-state index in [1.807, 2.05) is 18.2 Å². The summed E-state index contributed by atoms with van der Waals surface area (Å²) in [4.78, 5) is 2.62. The second-order valence-corrected chi connectivity index (χ2v) is 9.47. The van der Waals surface area contributed by atoms with E-state index in [4.69, 9.17) is 15.2 Å². The third-order valence-electron chi connectivity index (χ3n) is 6.31. The predicted molar refractivity (Wildman–Crippen MR) is 128 cm³/mol. The number of benzene rings is 2. The maximum absolute atomic E-state index is 6.03. The number of hydrogen-bond acceptors (Lipinski definition) is 4. The van der Waals surface area contributed by atoms with E-state index in [0.717, 1.165) is 48.5 Å². The molecule has 2 aromatic rings. The van der Waals surface area contributed by atoms with Crippen LogP contribution in [0.15, 0.2) is 48.5 Å². The van der Waals surface area contributed by atoms with Gasteiger partial charge in [0.2, 0.25) is 0 Å². The van der Waals surface area contributed by atoms with E-state index in [1.54, 1.807) is 7.11 Å². The average Bonchev–Trinajstić information content (AvgIpc) is 2.79. The molecule has 170 valence electrons. The molecule has 0 bridgehead atoms. The van der Waals surface area contributed by atoms with Gasteiger partial charge in [0.25, 0.3) is 0 Å². The lowest BCUT2D eigenvalue weighted by atomic mass is 9.81. The number of nitrogens with two attached hydrogens (primary N) is 1.